The minimum atomic E-state index is 0.191. The molecular formula is C16H25NO. The van der Waals surface area contributed by atoms with Crippen molar-refractivity contribution in [1.82, 2.24) is 5.32 Å². The third-order valence-corrected chi connectivity index (χ3v) is 3.81. The largest absolute Gasteiger partial charge is 0.381 e. The van der Waals surface area contributed by atoms with Crippen molar-refractivity contribution in [3.05, 3.63) is 35.9 Å². The second-order valence-corrected chi connectivity index (χ2v) is 5.96. The molecule has 0 aliphatic carbocycles. The summed E-state index contributed by atoms with van der Waals surface area (Å²) in [5, 5.41) is 3.61. The maximum absolute atomic E-state index is 5.51. The van der Waals surface area contributed by atoms with Gasteiger partial charge in [0, 0.05) is 25.1 Å². The van der Waals surface area contributed by atoms with Gasteiger partial charge in [-0.05, 0) is 24.3 Å². The summed E-state index contributed by atoms with van der Waals surface area (Å²) in [5.74, 6) is 0.699. The van der Waals surface area contributed by atoms with Gasteiger partial charge in [-0.15, -0.1) is 0 Å². The molecule has 0 amide bonds. The molecule has 2 rings (SSSR count). The molecule has 1 unspecified atom stereocenters. The van der Waals surface area contributed by atoms with Crippen molar-refractivity contribution >= 4 is 0 Å². The summed E-state index contributed by atoms with van der Waals surface area (Å²) in [4.78, 5) is 0. The highest BCUT2D eigenvalue weighted by Crippen LogP contribution is 2.22. The molecule has 0 spiro atoms. The van der Waals surface area contributed by atoms with E-state index in [9.17, 15) is 0 Å². The summed E-state index contributed by atoms with van der Waals surface area (Å²) < 4.78 is 5.51. The molecule has 100 valence electrons. The van der Waals surface area contributed by atoms with Gasteiger partial charge in [0.05, 0.1) is 6.61 Å². The highest BCUT2D eigenvalue weighted by Gasteiger charge is 2.21. The Morgan fingerprint density at radius 2 is 2.06 bits per heavy atom. The first kappa shape index (κ1) is 13.6. The number of hydrogen-bond donors (Lipinski definition) is 1. The van der Waals surface area contributed by atoms with Gasteiger partial charge in [-0.25, -0.2) is 0 Å². The molecule has 1 heterocycles. The van der Waals surface area contributed by atoms with Crippen LogP contribution in [0.5, 0.6) is 0 Å². The highest BCUT2D eigenvalue weighted by molar-refractivity contribution is 5.23. The third kappa shape index (κ3) is 3.82. The lowest BCUT2D eigenvalue weighted by Gasteiger charge is -2.28. The van der Waals surface area contributed by atoms with Crippen molar-refractivity contribution in [2.75, 3.05) is 26.3 Å². The van der Waals surface area contributed by atoms with Crippen molar-refractivity contribution in [3.8, 4) is 0 Å². The number of benzene rings is 1. The minimum absolute atomic E-state index is 0.191. The van der Waals surface area contributed by atoms with E-state index in [1.807, 2.05) is 0 Å². The fourth-order valence-electron chi connectivity index (χ4n) is 2.55. The van der Waals surface area contributed by atoms with Gasteiger partial charge in [-0.3, -0.25) is 0 Å². The first-order valence-corrected chi connectivity index (χ1v) is 7.02. The van der Waals surface area contributed by atoms with Crippen LogP contribution in [0.4, 0.5) is 0 Å². The smallest absolute Gasteiger partial charge is 0.0506 e. The zero-order chi connectivity index (χ0) is 12.8. The Hall–Kier alpha value is -0.860. The average molecular weight is 247 g/mol. The topological polar surface area (TPSA) is 21.3 Å². The molecule has 2 heteroatoms. The molecule has 1 N–H and O–H groups in total. The van der Waals surface area contributed by atoms with E-state index in [1.165, 1.54) is 18.4 Å². The van der Waals surface area contributed by atoms with Crippen LogP contribution in [0.15, 0.2) is 30.3 Å². The lowest BCUT2D eigenvalue weighted by Crippen LogP contribution is -2.37. The van der Waals surface area contributed by atoms with Gasteiger partial charge < -0.3 is 10.1 Å². The average Bonchev–Trinajstić information content (AvgIpc) is 2.41. The van der Waals surface area contributed by atoms with Crippen LogP contribution in [0.1, 0.15) is 32.3 Å². The molecule has 1 aromatic carbocycles. The van der Waals surface area contributed by atoms with Crippen LogP contribution >= 0.6 is 0 Å². The lowest BCUT2D eigenvalue weighted by molar-refractivity contribution is 0.0545. The first-order chi connectivity index (χ1) is 8.68. The van der Waals surface area contributed by atoms with Gasteiger partial charge in [-0.1, -0.05) is 44.2 Å². The van der Waals surface area contributed by atoms with Gasteiger partial charge in [0.1, 0.15) is 0 Å². The van der Waals surface area contributed by atoms with Crippen molar-refractivity contribution < 1.29 is 4.74 Å². The van der Waals surface area contributed by atoms with E-state index in [1.54, 1.807) is 0 Å². The molecule has 0 radical (unpaired) electrons. The fraction of sp³-hybridized carbons (Fsp3) is 0.625. The van der Waals surface area contributed by atoms with Crippen LogP contribution in [-0.4, -0.2) is 26.3 Å². The van der Waals surface area contributed by atoms with E-state index in [2.05, 4.69) is 49.5 Å². The molecule has 0 bridgehead atoms. The Morgan fingerprint density at radius 1 is 1.28 bits per heavy atom. The van der Waals surface area contributed by atoms with Crippen LogP contribution in [0.25, 0.3) is 0 Å². The maximum Gasteiger partial charge on any atom is 0.0506 e. The molecule has 1 fully saturated rings. The predicted molar refractivity (Wildman–Crippen MR) is 75.9 cm³/mol. The quantitative estimate of drug-likeness (QED) is 0.863. The number of ether oxygens (including phenoxy) is 1. The standard InChI is InChI=1S/C16H25NO/c1-16(2,15-8-4-3-5-9-15)13-17-11-14-7-6-10-18-12-14/h3-5,8-9,14,17H,6-7,10-13H2,1-2H3. The van der Waals surface area contributed by atoms with E-state index in [0.29, 0.717) is 5.92 Å². The molecule has 1 aliphatic rings. The second-order valence-electron chi connectivity index (χ2n) is 5.96. The molecule has 0 saturated carbocycles. The van der Waals surface area contributed by atoms with Crippen LogP contribution in [0.3, 0.4) is 0 Å². The third-order valence-electron chi connectivity index (χ3n) is 3.81. The summed E-state index contributed by atoms with van der Waals surface area (Å²) in [6.45, 7) is 8.58. The zero-order valence-electron chi connectivity index (χ0n) is 11.6. The van der Waals surface area contributed by atoms with Gasteiger partial charge in [-0.2, -0.15) is 0 Å². The maximum atomic E-state index is 5.51. The van der Waals surface area contributed by atoms with Crippen molar-refractivity contribution in [2.24, 2.45) is 5.92 Å². The summed E-state index contributed by atoms with van der Waals surface area (Å²) in [7, 11) is 0. The highest BCUT2D eigenvalue weighted by atomic mass is 16.5. The number of rotatable bonds is 5. The van der Waals surface area contributed by atoms with Gasteiger partial charge in [0.25, 0.3) is 0 Å². The fourth-order valence-corrected chi connectivity index (χ4v) is 2.55. The Labute approximate surface area is 111 Å². The van der Waals surface area contributed by atoms with Gasteiger partial charge in [0.2, 0.25) is 0 Å². The molecule has 1 saturated heterocycles. The first-order valence-electron chi connectivity index (χ1n) is 7.02. The minimum Gasteiger partial charge on any atom is -0.381 e. The Bertz CT molecular complexity index is 341. The molecule has 18 heavy (non-hydrogen) atoms. The van der Waals surface area contributed by atoms with Crippen LogP contribution in [-0.2, 0) is 10.2 Å². The predicted octanol–water partition coefficient (Wildman–Crippen LogP) is 2.98. The molecular weight excluding hydrogens is 222 g/mol. The summed E-state index contributed by atoms with van der Waals surface area (Å²) >= 11 is 0. The normalized spacial score (nSPS) is 20.9. The van der Waals surface area contributed by atoms with Crippen molar-refractivity contribution in [3.63, 3.8) is 0 Å². The molecule has 1 aromatic rings. The van der Waals surface area contributed by atoms with Gasteiger partial charge in [0.15, 0.2) is 0 Å². The zero-order valence-corrected chi connectivity index (χ0v) is 11.6. The monoisotopic (exact) mass is 247 g/mol. The van der Waals surface area contributed by atoms with Crippen LogP contribution < -0.4 is 5.32 Å². The number of hydrogen-bond acceptors (Lipinski definition) is 2. The van der Waals surface area contributed by atoms with E-state index in [0.717, 1.165) is 26.3 Å². The van der Waals surface area contributed by atoms with E-state index in [4.69, 9.17) is 4.74 Å². The summed E-state index contributed by atoms with van der Waals surface area (Å²) in [5.41, 5.74) is 1.59. The number of nitrogens with one attached hydrogen (secondary N) is 1. The summed E-state index contributed by atoms with van der Waals surface area (Å²) in [6.07, 6.45) is 2.52. The van der Waals surface area contributed by atoms with Crippen LogP contribution in [0.2, 0.25) is 0 Å². The Balaban J connectivity index is 1.78. The molecule has 2 nitrogen and oxygen atoms in total. The summed E-state index contributed by atoms with van der Waals surface area (Å²) in [6, 6.07) is 10.7. The van der Waals surface area contributed by atoms with E-state index in [-0.39, 0.29) is 5.41 Å². The van der Waals surface area contributed by atoms with E-state index >= 15 is 0 Å². The van der Waals surface area contributed by atoms with Gasteiger partial charge >= 0.3 is 0 Å². The lowest BCUT2D eigenvalue weighted by atomic mass is 9.84. The SMILES string of the molecule is CC(C)(CNCC1CCCOC1)c1ccccc1. The van der Waals surface area contributed by atoms with Crippen molar-refractivity contribution in [1.29, 1.82) is 0 Å². The molecule has 1 atom stereocenters. The van der Waals surface area contributed by atoms with Crippen molar-refractivity contribution in [2.45, 2.75) is 32.1 Å². The Morgan fingerprint density at radius 3 is 2.72 bits per heavy atom. The second kappa shape index (κ2) is 6.35. The Kier molecular flexibility index (Phi) is 4.79. The van der Waals surface area contributed by atoms with Crippen LogP contribution in [0, 0.1) is 5.92 Å². The molecule has 0 aromatic heterocycles. The molecule has 1 aliphatic heterocycles. The van der Waals surface area contributed by atoms with E-state index < -0.39 is 0 Å².